The van der Waals surface area contributed by atoms with Crippen LogP contribution in [0.1, 0.15) is 11.1 Å². The Labute approximate surface area is 100 Å². The van der Waals surface area contributed by atoms with Crippen LogP contribution in [0.4, 0.5) is 0 Å². The summed E-state index contributed by atoms with van der Waals surface area (Å²) in [6.07, 6.45) is 1.83. The third-order valence-corrected chi connectivity index (χ3v) is 3.48. The van der Waals surface area contributed by atoms with Gasteiger partial charge in [-0.2, -0.15) is 0 Å². The zero-order chi connectivity index (χ0) is 10.8. The van der Waals surface area contributed by atoms with E-state index in [1.807, 2.05) is 17.6 Å². The molecule has 0 radical (unpaired) electrons. The summed E-state index contributed by atoms with van der Waals surface area (Å²) in [5.41, 5.74) is 2.38. The van der Waals surface area contributed by atoms with Crippen molar-refractivity contribution in [3.63, 3.8) is 0 Å². The summed E-state index contributed by atoms with van der Waals surface area (Å²) >= 11 is 4.66. The minimum absolute atomic E-state index is 0.0920. The summed E-state index contributed by atoms with van der Waals surface area (Å²) in [6, 6.07) is 6.12. The third kappa shape index (κ3) is 2.38. The monoisotopic (exact) mass is 283 g/mol. The van der Waals surface area contributed by atoms with Crippen molar-refractivity contribution in [3.05, 3.63) is 55.0 Å². The van der Waals surface area contributed by atoms with Crippen molar-refractivity contribution in [1.82, 2.24) is 4.57 Å². The van der Waals surface area contributed by atoms with E-state index in [1.165, 1.54) is 22.5 Å². The molecule has 0 amide bonds. The molecule has 0 spiro atoms. The van der Waals surface area contributed by atoms with Gasteiger partial charge in [0.25, 0.3) is 0 Å². The summed E-state index contributed by atoms with van der Waals surface area (Å²) < 4.78 is 2.77. The van der Waals surface area contributed by atoms with Gasteiger partial charge in [0.1, 0.15) is 0 Å². The predicted molar refractivity (Wildman–Crippen MR) is 66.6 cm³/mol. The SMILES string of the molecule is Cc1ccc(Br)cc1Cn1ccsc1=O. The van der Waals surface area contributed by atoms with Crippen molar-refractivity contribution >= 4 is 27.3 Å². The van der Waals surface area contributed by atoms with Gasteiger partial charge in [-0.25, -0.2) is 0 Å². The number of nitrogens with zero attached hydrogens (tertiary/aromatic N) is 1. The van der Waals surface area contributed by atoms with Crippen molar-refractivity contribution in [2.45, 2.75) is 13.5 Å². The fourth-order valence-corrected chi connectivity index (χ4v) is 2.40. The standard InChI is InChI=1S/C11H10BrNOS/c1-8-2-3-10(12)6-9(8)7-13-4-5-15-11(13)14/h2-6H,7H2,1H3. The minimum Gasteiger partial charge on any atom is -0.302 e. The molecule has 1 heterocycles. The first-order chi connectivity index (χ1) is 7.16. The third-order valence-electron chi connectivity index (χ3n) is 2.30. The Hall–Kier alpha value is -0.870. The maximum absolute atomic E-state index is 11.4. The summed E-state index contributed by atoms with van der Waals surface area (Å²) in [6.45, 7) is 2.70. The van der Waals surface area contributed by atoms with Crippen LogP contribution in [0.15, 0.2) is 39.0 Å². The molecular formula is C11H10BrNOS. The molecule has 2 rings (SSSR count). The number of hydrogen-bond donors (Lipinski definition) is 0. The van der Waals surface area contributed by atoms with Crippen LogP contribution >= 0.6 is 27.3 Å². The lowest BCUT2D eigenvalue weighted by molar-refractivity contribution is 0.779. The molecule has 0 atom stereocenters. The van der Waals surface area contributed by atoms with Crippen LogP contribution < -0.4 is 4.87 Å². The summed E-state index contributed by atoms with van der Waals surface area (Å²) in [4.78, 5) is 11.5. The molecule has 78 valence electrons. The lowest BCUT2D eigenvalue weighted by atomic mass is 10.1. The van der Waals surface area contributed by atoms with Crippen LogP contribution in [0.2, 0.25) is 0 Å². The average molecular weight is 284 g/mol. The Kier molecular flexibility index (Phi) is 3.07. The van der Waals surface area contributed by atoms with E-state index in [0.29, 0.717) is 6.54 Å². The van der Waals surface area contributed by atoms with Gasteiger partial charge in [-0.3, -0.25) is 4.79 Å². The van der Waals surface area contributed by atoms with Gasteiger partial charge in [0.15, 0.2) is 0 Å². The van der Waals surface area contributed by atoms with Crippen LogP contribution in [0.5, 0.6) is 0 Å². The van der Waals surface area contributed by atoms with E-state index in [-0.39, 0.29) is 4.87 Å². The van der Waals surface area contributed by atoms with Crippen molar-refractivity contribution in [2.24, 2.45) is 0 Å². The number of aryl methyl sites for hydroxylation is 1. The normalized spacial score (nSPS) is 10.5. The Bertz CT molecular complexity index is 529. The molecular weight excluding hydrogens is 274 g/mol. The van der Waals surface area contributed by atoms with Crippen LogP contribution in [0.25, 0.3) is 0 Å². The molecule has 0 aliphatic rings. The minimum atomic E-state index is 0.0920. The number of thiazole rings is 1. The highest BCUT2D eigenvalue weighted by Crippen LogP contribution is 2.16. The molecule has 2 aromatic rings. The largest absolute Gasteiger partial charge is 0.307 e. The quantitative estimate of drug-likeness (QED) is 0.831. The first-order valence-electron chi connectivity index (χ1n) is 4.56. The topological polar surface area (TPSA) is 22.0 Å². The van der Waals surface area contributed by atoms with E-state index in [0.717, 1.165) is 4.47 Å². The van der Waals surface area contributed by atoms with Gasteiger partial charge in [0.2, 0.25) is 0 Å². The zero-order valence-corrected chi connectivity index (χ0v) is 10.6. The fourth-order valence-electron chi connectivity index (χ4n) is 1.40. The van der Waals surface area contributed by atoms with Crippen LogP contribution in [-0.4, -0.2) is 4.57 Å². The summed E-state index contributed by atoms with van der Waals surface area (Å²) in [5, 5.41) is 1.82. The van der Waals surface area contributed by atoms with Crippen LogP contribution in [-0.2, 0) is 6.54 Å². The number of rotatable bonds is 2. The van der Waals surface area contributed by atoms with Crippen LogP contribution in [0.3, 0.4) is 0 Å². The molecule has 0 bridgehead atoms. The van der Waals surface area contributed by atoms with Crippen molar-refractivity contribution in [1.29, 1.82) is 0 Å². The number of halogens is 1. The zero-order valence-electron chi connectivity index (χ0n) is 8.24. The van der Waals surface area contributed by atoms with Gasteiger partial charge in [0, 0.05) is 16.0 Å². The fraction of sp³-hybridized carbons (Fsp3) is 0.182. The van der Waals surface area contributed by atoms with Gasteiger partial charge in [0.05, 0.1) is 6.54 Å². The second-order valence-electron chi connectivity index (χ2n) is 3.37. The highest BCUT2D eigenvalue weighted by atomic mass is 79.9. The molecule has 0 aliphatic carbocycles. The molecule has 1 aromatic heterocycles. The molecule has 0 saturated carbocycles. The Balaban J connectivity index is 2.36. The number of aromatic nitrogens is 1. The van der Waals surface area contributed by atoms with Gasteiger partial charge in [-0.15, -0.1) is 0 Å². The summed E-state index contributed by atoms with van der Waals surface area (Å²) in [5.74, 6) is 0. The number of hydrogen-bond acceptors (Lipinski definition) is 2. The van der Waals surface area contributed by atoms with E-state index in [1.54, 1.807) is 4.57 Å². The molecule has 15 heavy (non-hydrogen) atoms. The van der Waals surface area contributed by atoms with Crippen molar-refractivity contribution < 1.29 is 0 Å². The van der Waals surface area contributed by atoms with E-state index < -0.39 is 0 Å². The van der Waals surface area contributed by atoms with E-state index in [2.05, 4.69) is 35.0 Å². The molecule has 4 heteroatoms. The van der Waals surface area contributed by atoms with Gasteiger partial charge < -0.3 is 4.57 Å². The van der Waals surface area contributed by atoms with Crippen molar-refractivity contribution in [2.75, 3.05) is 0 Å². The summed E-state index contributed by atoms with van der Waals surface area (Å²) in [7, 11) is 0. The predicted octanol–water partition coefficient (Wildman–Crippen LogP) is 3.03. The lowest BCUT2D eigenvalue weighted by Crippen LogP contribution is -2.13. The smallest absolute Gasteiger partial charge is 0.302 e. The highest BCUT2D eigenvalue weighted by molar-refractivity contribution is 9.10. The molecule has 0 unspecified atom stereocenters. The Morgan fingerprint density at radius 1 is 1.47 bits per heavy atom. The van der Waals surface area contributed by atoms with Crippen molar-refractivity contribution in [3.8, 4) is 0 Å². The maximum Gasteiger partial charge on any atom is 0.307 e. The van der Waals surface area contributed by atoms with Gasteiger partial charge in [-0.1, -0.05) is 33.3 Å². The molecule has 0 saturated heterocycles. The van der Waals surface area contributed by atoms with E-state index in [4.69, 9.17) is 0 Å². The first kappa shape index (κ1) is 10.6. The molecule has 0 N–H and O–H groups in total. The molecule has 1 aromatic carbocycles. The lowest BCUT2D eigenvalue weighted by Gasteiger charge is -2.06. The van der Waals surface area contributed by atoms with E-state index >= 15 is 0 Å². The molecule has 2 nitrogen and oxygen atoms in total. The highest BCUT2D eigenvalue weighted by Gasteiger charge is 2.02. The maximum atomic E-state index is 11.4. The van der Waals surface area contributed by atoms with Gasteiger partial charge in [-0.05, 0) is 30.2 Å². The first-order valence-corrected chi connectivity index (χ1v) is 6.23. The van der Waals surface area contributed by atoms with Gasteiger partial charge >= 0.3 is 4.87 Å². The molecule has 0 aliphatic heterocycles. The average Bonchev–Trinajstić information content (AvgIpc) is 2.58. The second-order valence-corrected chi connectivity index (χ2v) is 5.14. The number of benzene rings is 1. The van der Waals surface area contributed by atoms with Crippen LogP contribution in [0, 0.1) is 6.92 Å². The van der Waals surface area contributed by atoms with E-state index in [9.17, 15) is 4.79 Å². The second kappa shape index (κ2) is 4.33. The molecule has 0 fully saturated rings. The Morgan fingerprint density at radius 2 is 2.27 bits per heavy atom. The Morgan fingerprint density at radius 3 is 2.93 bits per heavy atom.